The molecular weight excluding hydrogens is 236 g/mol. The molecule has 0 fully saturated rings. The summed E-state index contributed by atoms with van der Waals surface area (Å²) in [4.78, 5) is 21.6. The Morgan fingerprint density at radius 1 is 1.00 bits per heavy atom. The minimum atomic E-state index is -0.409. The van der Waals surface area contributed by atoms with Crippen molar-refractivity contribution in [3.05, 3.63) is 30.3 Å². The van der Waals surface area contributed by atoms with Gasteiger partial charge < -0.3 is 14.2 Å². The Hall–Kier alpha value is -2.04. The minimum Gasteiger partial charge on any atom is -0.490 e. The molecular formula is C13H16O5. The molecule has 0 aliphatic carbocycles. The van der Waals surface area contributed by atoms with Gasteiger partial charge in [0.2, 0.25) is 0 Å². The van der Waals surface area contributed by atoms with Crippen LogP contribution >= 0.6 is 0 Å². The van der Waals surface area contributed by atoms with Crippen molar-refractivity contribution in [3.8, 4) is 5.75 Å². The third kappa shape index (κ3) is 6.52. The van der Waals surface area contributed by atoms with Crippen molar-refractivity contribution in [1.29, 1.82) is 0 Å². The Balaban J connectivity index is 2.04. The quantitative estimate of drug-likeness (QED) is 0.544. The van der Waals surface area contributed by atoms with Crippen LogP contribution in [0.15, 0.2) is 30.3 Å². The molecule has 5 nitrogen and oxygen atoms in total. The number of benzene rings is 1. The van der Waals surface area contributed by atoms with Crippen LogP contribution < -0.4 is 4.74 Å². The van der Waals surface area contributed by atoms with Crippen molar-refractivity contribution >= 4 is 11.9 Å². The normalized spacial score (nSPS) is 9.61. The highest BCUT2D eigenvalue weighted by atomic mass is 16.6. The number of esters is 2. The molecule has 0 unspecified atom stereocenters. The standard InChI is InChI=1S/C13H16O5/c1-11(14)16-8-7-13(15)18-10-9-17-12-5-3-2-4-6-12/h2-6H,7-10H2,1H3. The third-order valence-corrected chi connectivity index (χ3v) is 1.97. The third-order valence-electron chi connectivity index (χ3n) is 1.97. The SMILES string of the molecule is CC(=O)OCCC(=O)OCCOc1ccccc1. The molecule has 0 atom stereocenters. The summed E-state index contributed by atoms with van der Waals surface area (Å²) in [5.74, 6) is -0.0865. The zero-order valence-corrected chi connectivity index (χ0v) is 10.3. The number of rotatable bonds is 7. The lowest BCUT2D eigenvalue weighted by Gasteiger charge is -2.07. The first-order valence-corrected chi connectivity index (χ1v) is 5.65. The van der Waals surface area contributed by atoms with E-state index in [1.165, 1.54) is 6.92 Å². The van der Waals surface area contributed by atoms with E-state index >= 15 is 0 Å². The molecule has 0 aromatic heterocycles. The highest BCUT2D eigenvalue weighted by Crippen LogP contribution is 2.07. The highest BCUT2D eigenvalue weighted by molar-refractivity contribution is 5.70. The molecule has 1 aromatic carbocycles. The molecule has 0 N–H and O–H groups in total. The second-order valence-electron chi connectivity index (χ2n) is 3.47. The van der Waals surface area contributed by atoms with Crippen LogP contribution in [-0.4, -0.2) is 31.8 Å². The molecule has 0 spiro atoms. The van der Waals surface area contributed by atoms with E-state index in [0.717, 1.165) is 5.75 Å². The Labute approximate surface area is 106 Å². The van der Waals surface area contributed by atoms with Gasteiger partial charge in [0.25, 0.3) is 0 Å². The Morgan fingerprint density at radius 2 is 1.72 bits per heavy atom. The fourth-order valence-electron chi connectivity index (χ4n) is 1.18. The van der Waals surface area contributed by atoms with Crippen LogP contribution in [0.5, 0.6) is 5.75 Å². The molecule has 1 rings (SSSR count). The number of hydrogen-bond acceptors (Lipinski definition) is 5. The molecule has 0 aliphatic heterocycles. The van der Waals surface area contributed by atoms with E-state index in [0.29, 0.717) is 6.61 Å². The average molecular weight is 252 g/mol. The maximum absolute atomic E-state index is 11.2. The van der Waals surface area contributed by atoms with Crippen LogP contribution in [0, 0.1) is 0 Å². The van der Waals surface area contributed by atoms with E-state index in [4.69, 9.17) is 9.47 Å². The zero-order chi connectivity index (χ0) is 13.2. The summed E-state index contributed by atoms with van der Waals surface area (Å²) in [6.45, 7) is 1.81. The lowest BCUT2D eigenvalue weighted by molar-refractivity contribution is -0.148. The molecule has 1 aromatic rings. The molecule has 0 saturated carbocycles. The molecule has 0 heterocycles. The van der Waals surface area contributed by atoms with Gasteiger partial charge in [0, 0.05) is 6.92 Å². The summed E-state index contributed by atoms with van der Waals surface area (Å²) in [6, 6.07) is 9.26. The van der Waals surface area contributed by atoms with Gasteiger partial charge in [-0.3, -0.25) is 9.59 Å². The fraction of sp³-hybridized carbons (Fsp3) is 0.385. The first-order valence-electron chi connectivity index (χ1n) is 5.65. The van der Waals surface area contributed by atoms with Gasteiger partial charge in [-0.25, -0.2) is 0 Å². The number of para-hydroxylation sites is 1. The second-order valence-corrected chi connectivity index (χ2v) is 3.47. The molecule has 0 bridgehead atoms. The lowest BCUT2D eigenvalue weighted by atomic mass is 10.3. The smallest absolute Gasteiger partial charge is 0.309 e. The van der Waals surface area contributed by atoms with Crippen molar-refractivity contribution in [1.82, 2.24) is 0 Å². The summed E-state index contributed by atoms with van der Waals surface area (Å²) >= 11 is 0. The van der Waals surface area contributed by atoms with E-state index in [2.05, 4.69) is 4.74 Å². The van der Waals surface area contributed by atoms with E-state index < -0.39 is 11.9 Å². The van der Waals surface area contributed by atoms with Crippen LogP contribution in [0.25, 0.3) is 0 Å². The maximum Gasteiger partial charge on any atom is 0.309 e. The van der Waals surface area contributed by atoms with E-state index in [1.807, 2.05) is 30.3 Å². The van der Waals surface area contributed by atoms with Gasteiger partial charge in [0.15, 0.2) is 0 Å². The van der Waals surface area contributed by atoms with Gasteiger partial charge in [0.1, 0.15) is 25.6 Å². The lowest BCUT2D eigenvalue weighted by Crippen LogP contribution is -2.14. The van der Waals surface area contributed by atoms with Crippen LogP contribution in [0.4, 0.5) is 0 Å². The molecule has 98 valence electrons. The monoisotopic (exact) mass is 252 g/mol. The average Bonchev–Trinajstić information content (AvgIpc) is 2.35. The number of hydrogen-bond donors (Lipinski definition) is 0. The summed E-state index contributed by atoms with van der Waals surface area (Å²) in [7, 11) is 0. The first kappa shape index (κ1) is 14.0. The maximum atomic E-state index is 11.2. The van der Waals surface area contributed by atoms with Crippen molar-refractivity contribution in [2.45, 2.75) is 13.3 Å². The van der Waals surface area contributed by atoms with Gasteiger partial charge in [-0.1, -0.05) is 18.2 Å². The summed E-state index contributed by atoms with van der Waals surface area (Å²) in [6.07, 6.45) is 0.0604. The van der Waals surface area contributed by atoms with Crippen molar-refractivity contribution in [3.63, 3.8) is 0 Å². The molecule has 0 aliphatic rings. The van der Waals surface area contributed by atoms with Crippen LogP contribution in [0.1, 0.15) is 13.3 Å². The number of ether oxygens (including phenoxy) is 3. The van der Waals surface area contributed by atoms with Crippen LogP contribution in [-0.2, 0) is 19.1 Å². The van der Waals surface area contributed by atoms with Gasteiger partial charge in [-0.15, -0.1) is 0 Å². The largest absolute Gasteiger partial charge is 0.490 e. The molecule has 0 saturated heterocycles. The Morgan fingerprint density at radius 3 is 2.39 bits per heavy atom. The van der Waals surface area contributed by atoms with Gasteiger partial charge in [0.05, 0.1) is 6.42 Å². The molecule has 0 amide bonds. The summed E-state index contributed by atoms with van der Waals surface area (Å²) < 4.78 is 14.8. The van der Waals surface area contributed by atoms with Gasteiger partial charge >= 0.3 is 11.9 Å². The highest BCUT2D eigenvalue weighted by Gasteiger charge is 2.04. The van der Waals surface area contributed by atoms with Crippen molar-refractivity contribution < 1.29 is 23.8 Å². The molecule has 0 radical (unpaired) electrons. The van der Waals surface area contributed by atoms with E-state index in [9.17, 15) is 9.59 Å². The Kier molecular flexibility index (Phi) is 6.32. The van der Waals surface area contributed by atoms with Crippen LogP contribution in [0.3, 0.4) is 0 Å². The molecule has 5 heteroatoms. The Bertz CT molecular complexity index is 374. The molecule has 18 heavy (non-hydrogen) atoms. The number of carbonyl (C=O) groups excluding carboxylic acids is 2. The second kappa shape index (κ2) is 8.11. The van der Waals surface area contributed by atoms with Crippen molar-refractivity contribution in [2.24, 2.45) is 0 Å². The van der Waals surface area contributed by atoms with Crippen LogP contribution in [0.2, 0.25) is 0 Å². The summed E-state index contributed by atoms with van der Waals surface area (Å²) in [5, 5.41) is 0. The van der Waals surface area contributed by atoms with Gasteiger partial charge in [-0.2, -0.15) is 0 Å². The van der Waals surface area contributed by atoms with Gasteiger partial charge in [-0.05, 0) is 12.1 Å². The predicted molar refractivity (Wildman–Crippen MR) is 64.1 cm³/mol. The van der Waals surface area contributed by atoms with Crippen molar-refractivity contribution in [2.75, 3.05) is 19.8 Å². The zero-order valence-electron chi connectivity index (χ0n) is 10.3. The summed E-state index contributed by atoms with van der Waals surface area (Å²) in [5.41, 5.74) is 0. The number of carbonyl (C=O) groups is 2. The topological polar surface area (TPSA) is 61.8 Å². The fourth-order valence-corrected chi connectivity index (χ4v) is 1.18. The first-order chi connectivity index (χ1) is 8.68. The van der Waals surface area contributed by atoms with E-state index in [1.54, 1.807) is 0 Å². The minimum absolute atomic E-state index is 0.0493. The van der Waals surface area contributed by atoms with E-state index in [-0.39, 0.29) is 19.6 Å². The predicted octanol–water partition coefficient (Wildman–Crippen LogP) is 1.56.